The van der Waals surface area contributed by atoms with Crippen molar-refractivity contribution in [3.05, 3.63) is 0 Å². The van der Waals surface area contributed by atoms with Crippen LogP contribution in [0, 0.1) is 0 Å². The predicted molar refractivity (Wildman–Crippen MR) is 33.1 cm³/mol. The number of aliphatic hydroxyl groups is 3. The normalized spacial score (nSPS) is 19.6. The molecule has 0 heterocycles. The second kappa shape index (κ2) is 4.35. The first-order valence-corrected chi connectivity index (χ1v) is 2.81. The lowest BCUT2D eigenvalue weighted by Crippen LogP contribution is -2.45. The Morgan fingerprint density at radius 3 is 2.30 bits per heavy atom. The highest BCUT2D eigenvalue weighted by atomic mass is 16.3. The third kappa shape index (κ3) is 2.40. The van der Waals surface area contributed by atoms with Crippen LogP contribution in [0.1, 0.15) is 0 Å². The number of carbonyl (C=O) groups excluding carboxylic acids is 1. The summed E-state index contributed by atoms with van der Waals surface area (Å²) < 4.78 is 0. The van der Waals surface area contributed by atoms with Gasteiger partial charge in [0.05, 0.1) is 12.6 Å². The zero-order valence-corrected chi connectivity index (χ0v) is 5.34. The molecule has 0 saturated heterocycles. The molecular weight excluding hydrogens is 138 g/mol. The van der Waals surface area contributed by atoms with Crippen LogP contribution in [0.25, 0.3) is 0 Å². The molecule has 60 valence electrons. The van der Waals surface area contributed by atoms with Crippen molar-refractivity contribution >= 4 is 6.29 Å². The van der Waals surface area contributed by atoms with Crippen LogP contribution in [0.3, 0.4) is 0 Å². The van der Waals surface area contributed by atoms with Gasteiger partial charge in [-0.25, -0.2) is 0 Å². The molecule has 0 bridgehead atoms. The van der Waals surface area contributed by atoms with Crippen molar-refractivity contribution in [2.75, 3.05) is 6.61 Å². The summed E-state index contributed by atoms with van der Waals surface area (Å²) in [6, 6.07) is -0.972. The van der Waals surface area contributed by atoms with E-state index in [0.717, 1.165) is 0 Å². The third-order valence-corrected chi connectivity index (χ3v) is 1.14. The van der Waals surface area contributed by atoms with Gasteiger partial charge in [-0.2, -0.15) is 0 Å². The van der Waals surface area contributed by atoms with E-state index in [1.807, 2.05) is 0 Å². The molecular formula is C5H11NO4. The molecule has 0 aliphatic heterocycles. The summed E-state index contributed by atoms with van der Waals surface area (Å²) in [5.41, 5.74) is 5.07. The van der Waals surface area contributed by atoms with Gasteiger partial charge in [-0.15, -0.1) is 0 Å². The van der Waals surface area contributed by atoms with Crippen LogP contribution in [0.2, 0.25) is 0 Å². The lowest BCUT2D eigenvalue weighted by Gasteiger charge is -2.17. The van der Waals surface area contributed by atoms with Gasteiger partial charge in [-0.05, 0) is 0 Å². The summed E-state index contributed by atoms with van der Waals surface area (Å²) in [7, 11) is 0. The van der Waals surface area contributed by atoms with Crippen molar-refractivity contribution in [3.8, 4) is 0 Å². The molecule has 5 nitrogen and oxygen atoms in total. The first-order chi connectivity index (χ1) is 4.63. The molecule has 0 aromatic carbocycles. The third-order valence-electron chi connectivity index (χ3n) is 1.14. The van der Waals surface area contributed by atoms with Gasteiger partial charge in [-0.3, -0.25) is 0 Å². The van der Waals surface area contributed by atoms with Crippen LogP contribution in [0.15, 0.2) is 0 Å². The van der Waals surface area contributed by atoms with Crippen LogP contribution in [-0.4, -0.2) is 46.5 Å². The van der Waals surface area contributed by atoms with Crippen LogP contribution < -0.4 is 5.73 Å². The molecule has 0 aliphatic rings. The van der Waals surface area contributed by atoms with Crippen molar-refractivity contribution in [2.24, 2.45) is 5.73 Å². The fraction of sp³-hybridized carbons (Fsp3) is 0.800. The summed E-state index contributed by atoms with van der Waals surface area (Å²) in [6.07, 6.45) is -2.73. The van der Waals surface area contributed by atoms with E-state index >= 15 is 0 Å². The minimum Gasteiger partial charge on any atom is -0.395 e. The average molecular weight is 149 g/mol. The van der Waals surface area contributed by atoms with Gasteiger partial charge < -0.3 is 25.8 Å². The molecule has 3 atom stereocenters. The largest absolute Gasteiger partial charge is 0.395 e. The zero-order valence-electron chi connectivity index (χ0n) is 5.34. The predicted octanol–water partition coefficient (Wildman–Crippen LogP) is -2.77. The summed E-state index contributed by atoms with van der Waals surface area (Å²) in [4.78, 5) is 9.82. The smallest absolute Gasteiger partial charge is 0.151 e. The summed E-state index contributed by atoms with van der Waals surface area (Å²) >= 11 is 0. The zero-order chi connectivity index (χ0) is 8.15. The Morgan fingerprint density at radius 2 is 2.00 bits per heavy atom. The monoisotopic (exact) mass is 149 g/mol. The van der Waals surface area contributed by atoms with Gasteiger partial charge in [-0.1, -0.05) is 0 Å². The Morgan fingerprint density at radius 1 is 1.50 bits per heavy atom. The second-order valence-corrected chi connectivity index (χ2v) is 1.96. The molecule has 10 heavy (non-hydrogen) atoms. The number of aldehydes is 1. The molecule has 0 aromatic heterocycles. The quantitative estimate of drug-likeness (QED) is 0.324. The van der Waals surface area contributed by atoms with Gasteiger partial charge >= 0.3 is 0 Å². The van der Waals surface area contributed by atoms with Crippen molar-refractivity contribution in [3.63, 3.8) is 0 Å². The minimum atomic E-state index is -1.51. The number of nitrogens with two attached hydrogens (primary N) is 1. The fourth-order valence-electron chi connectivity index (χ4n) is 0.442. The minimum absolute atomic E-state index is 0.167. The van der Waals surface area contributed by atoms with Crippen molar-refractivity contribution < 1.29 is 20.1 Å². The number of rotatable bonds is 4. The van der Waals surface area contributed by atoms with E-state index in [1.54, 1.807) is 0 Å². The van der Waals surface area contributed by atoms with Crippen LogP contribution in [-0.2, 0) is 4.79 Å². The molecule has 0 aliphatic carbocycles. The first kappa shape index (κ1) is 9.51. The Balaban J connectivity index is 3.80. The van der Waals surface area contributed by atoms with Gasteiger partial charge in [0.1, 0.15) is 12.2 Å². The highest BCUT2D eigenvalue weighted by Gasteiger charge is 2.21. The molecule has 0 fully saturated rings. The van der Waals surface area contributed by atoms with E-state index in [1.165, 1.54) is 0 Å². The van der Waals surface area contributed by atoms with E-state index in [4.69, 9.17) is 21.1 Å². The molecule has 5 heteroatoms. The Hall–Kier alpha value is -0.490. The lowest BCUT2D eigenvalue weighted by atomic mass is 10.1. The van der Waals surface area contributed by atoms with E-state index in [2.05, 4.69) is 0 Å². The van der Waals surface area contributed by atoms with Crippen LogP contribution >= 0.6 is 0 Å². The maximum atomic E-state index is 9.82. The van der Waals surface area contributed by atoms with Crippen molar-refractivity contribution in [1.82, 2.24) is 0 Å². The first-order valence-electron chi connectivity index (χ1n) is 2.81. The van der Waals surface area contributed by atoms with E-state index in [9.17, 15) is 4.79 Å². The van der Waals surface area contributed by atoms with Gasteiger partial charge in [0.15, 0.2) is 6.29 Å². The van der Waals surface area contributed by atoms with E-state index in [-0.39, 0.29) is 6.29 Å². The maximum Gasteiger partial charge on any atom is 0.151 e. The second-order valence-electron chi connectivity index (χ2n) is 1.96. The highest BCUT2D eigenvalue weighted by Crippen LogP contribution is 1.93. The Kier molecular flexibility index (Phi) is 4.13. The average Bonchev–Trinajstić information content (AvgIpc) is 2.00. The van der Waals surface area contributed by atoms with E-state index < -0.39 is 24.9 Å². The molecule has 0 spiro atoms. The van der Waals surface area contributed by atoms with Gasteiger partial charge in [0, 0.05) is 0 Å². The molecule has 0 rings (SSSR count). The Labute approximate surface area is 58.1 Å². The molecule has 0 unspecified atom stereocenters. The van der Waals surface area contributed by atoms with Crippen molar-refractivity contribution in [2.45, 2.75) is 18.2 Å². The SMILES string of the molecule is N[C@@H](CO)[C@@H](O)[C@@H](O)C=O. The van der Waals surface area contributed by atoms with Crippen LogP contribution in [0.4, 0.5) is 0 Å². The maximum absolute atomic E-state index is 9.82. The van der Waals surface area contributed by atoms with Crippen molar-refractivity contribution in [1.29, 1.82) is 0 Å². The number of hydrogen-bond donors (Lipinski definition) is 4. The van der Waals surface area contributed by atoms with Gasteiger partial charge in [0.2, 0.25) is 0 Å². The molecule has 0 radical (unpaired) electrons. The number of carbonyl (C=O) groups is 1. The summed E-state index contributed by atoms with van der Waals surface area (Å²) in [6.45, 7) is -0.466. The molecule has 0 aromatic rings. The van der Waals surface area contributed by atoms with E-state index in [0.29, 0.717) is 0 Å². The highest BCUT2D eigenvalue weighted by molar-refractivity contribution is 5.56. The fourth-order valence-corrected chi connectivity index (χ4v) is 0.442. The summed E-state index contributed by atoms with van der Waals surface area (Å²) in [5.74, 6) is 0. The lowest BCUT2D eigenvalue weighted by molar-refractivity contribution is -0.121. The molecule has 0 saturated carbocycles. The number of aliphatic hydroxyl groups excluding tert-OH is 3. The standard InChI is InChI=1S/C5H11NO4/c6-3(1-7)5(10)4(9)2-8/h2-5,7,9-10H,1,6H2/t3-,4-,5+/m0/s1. The molecule has 0 amide bonds. The molecule has 5 N–H and O–H groups in total. The van der Waals surface area contributed by atoms with Gasteiger partial charge in [0.25, 0.3) is 0 Å². The Bertz CT molecular complexity index is 108. The summed E-state index contributed by atoms with van der Waals surface area (Å²) in [5, 5.41) is 25.8. The van der Waals surface area contributed by atoms with Crippen LogP contribution in [0.5, 0.6) is 0 Å². The topological polar surface area (TPSA) is 104 Å². The number of hydrogen-bond acceptors (Lipinski definition) is 5.